The Morgan fingerprint density at radius 3 is 2.07 bits per heavy atom. The smallest absolute Gasteiger partial charge is 0.173 e. The quantitative estimate of drug-likeness (QED) is 0.640. The van der Waals surface area contributed by atoms with Crippen LogP contribution in [0.15, 0.2) is 41.8 Å². The third-order valence-electron chi connectivity index (χ3n) is 2.16. The van der Waals surface area contributed by atoms with Gasteiger partial charge in [0, 0.05) is 0 Å². The lowest BCUT2D eigenvalue weighted by Crippen LogP contribution is -1.91. The molecule has 1 aromatic rings. The maximum Gasteiger partial charge on any atom is 0.173 e. The number of hydrogen-bond donors (Lipinski definition) is 0. The third-order valence-corrected chi connectivity index (χ3v) is 2.94. The van der Waals surface area contributed by atoms with Crippen molar-refractivity contribution in [2.75, 3.05) is 6.61 Å². The lowest BCUT2D eigenvalue weighted by molar-refractivity contribution is 0.326. The first-order chi connectivity index (χ1) is 7.40. The Morgan fingerprint density at radius 2 is 1.73 bits per heavy atom. The molecule has 3 rings (SSSR count). The summed E-state index contributed by atoms with van der Waals surface area (Å²) in [5.41, 5.74) is 2.85. The number of ether oxygens (including phenoxy) is 1. The first-order valence-corrected chi connectivity index (χ1v) is 6.05. The molecular weight excluding hydrogens is 204 g/mol. The van der Waals surface area contributed by atoms with Gasteiger partial charge in [-0.2, -0.15) is 0 Å². The first-order valence-electron chi connectivity index (χ1n) is 5.17. The monoisotopic (exact) mass is 218 g/mol. The minimum absolute atomic E-state index is 0.834. The molecule has 2 aliphatic carbocycles. The molecule has 78 valence electrons. The Balaban J connectivity index is 0.000000121. The van der Waals surface area contributed by atoms with E-state index >= 15 is 0 Å². The molecule has 1 aromatic heterocycles. The van der Waals surface area contributed by atoms with Crippen LogP contribution in [0.25, 0.3) is 11.1 Å². The lowest BCUT2D eigenvalue weighted by atomic mass is 9.95. The molecule has 0 unspecified atom stereocenters. The van der Waals surface area contributed by atoms with Crippen LogP contribution in [0.3, 0.4) is 0 Å². The number of hydrogen-bond acceptors (Lipinski definition) is 2. The minimum atomic E-state index is 0.834. The average molecular weight is 218 g/mol. The van der Waals surface area contributed by atoms with Crippen molar-refractivity contribution in [1.82, 2.24) is 0 Å². The number of benzene rings is 1. The number of rotatable bonds is 3. The van der Waals surface area contributed by atoms with Gasteiger partial charge in [0.25, 0.3) is 0 Å². The summed E-state index contributed by atoms with van der Waals surface area (Å²) in [6.45, 7) is 2.94. The van der Waals surface area contributed by atoms with Crippen molar-refractivity contribution in [3.8, 4) is 16.2 Å². The fourth-order valence-electron chi connectivity index (χ4n) is 1.21. The highest BCUT2D eigenvalue weighted by atomic mass is 32.1. The van der Waals surface area contributed by atoms with E-state index in [2.05, 4.69) is 31.2 Å². The van der Waals surface area contributed by atoms with E-state index in [1.807, 2.05) is 17.5 Å². The van der Waals surface area contributed by atoms with E-state index in [1.165, 1.54) is 11.1 Å². The Labute approximate surface area is 94.3 Å². The molecule has 0 N–H and O–H groups in total. The summed E-state index contributed by atoms with van der Waals surface area (Å²) in [4.78, 5) is 0. The molecule has 0 spiro atoms. The highest BCUT2D eigenvalue weighted by Crippen LogP contribution is 2.29. The molecule has 1 heterocycles. The van der Waals surface area contributed by atoms with Gasteiger partial charge in [-0.1, -0.05) is 31.2 Å². The summed E-state index contributed by atoms with van der Waals surface area (Å²) in [5, 5.41) is 3.04. The zero-order valence-electron chi connectivity index (χ0n) is 8.77. The van der Waals surface area contributed by atoms with Gasteiger partial charge in [-0.05, 0) is 35.1 Å². The molecule has 0 saturated heterocycles. The second kappa shape index (κ2) is 4.99. The van der Waals surface area contributed by atoms with Gasteiger partial charge in [-0.15, -0.1) is 11.3 Å². The van der Waals surface area contributed by atoms with E-state index in [9.17, 15) is 0 Å². The van der Waals surface area contributed by atoms with Gasteiger partial charge >= 0.3 is 0 Å². The molecule has 0 bridgehead atoms. The van der Waals surface area contributed by atoms with E-state index in [0.717, 1.165) is 18.1 Å². The molecule has 0 atom stereocenters. The summed E-state index contributed by atoms with van der Waals surface area (Å²) in [6, 6.07) is 12.5. The van der Waals surface area contributed by atoms with Crippen LogP contribution in [0, 0.1) is 0 Å². The van der Waals surface area contributed by atoms with Crippen LogP contribution in [0.4, 0.5) is 0 Å². The normalized spacial score (nSPS) is 10.2. The third kappa shape index (κ3) is 2.60. The Hall–Kier alpha value is -1.28. The van der Waals surface area contributed by atoms with E-state index in [0.29, 0.717) is 0 Å². The van der Waals surface area contributed by atoms with Crippen LogP contribution < -0.4 is 4.74 Å². The Kier molecular flexibility index (Phi) is 3.41. The standard InChI is InChI=1S/C7H10OS.C6H4/c1-2-5-8-7-4-3-6-9-7;1-2-6-4-3-5(1)6/h3-4,6H,2,5H2,1H3;1-4H. The summed E-state index contributed by atoms with van der Waals surface area (Å²) in [5.74, 6) is 0. The van der Waals surface area contributed by atoms with Crippen molar-refractivity contribution in [2.45, 2.75) is 13.3 Å². The van der Waals surface area contributed by atoms with Crippen molar-refractivity contribution in [3.05, 3.63) is 41.8 Å². The van der Waals surface area contributed by atoms with Crippen LogP contribution in [0.1, 0.15) is 13.3 Å². The lowest BCUT2D eigenvalue weighted by Gasteiger charge is -2.10. The van der Waals surface area contributed by atoms with Gasteiger partial charge in [0.15, 0.2) is 5.06 Å². The van der Waals surface area contributed by atoms with Crippen molar-refractivity contribution < 1.29 is 4.74 Å². The molecule has 0 amide bonds. The second-order valence-corrected chi connectivity index (χ2v) is 4.27. The zero-order chi connectivity index (χ0) is 10.5. The number of thiophene rings is 1. The number of fused-ring (bicyclic) bond motifs is 1. The van der Waals surface area contributed by atoms with Gasteiger partial charge in [0.1, 0.15) is 0 Å². The summed E-state index contributed by atoms with van der Waals surface area (Å²) in [6.07, 6.45) is 1.08. The van der Waals surface area contributed by atoms with Crippen molar-refractivity contribution in [3.63, 3.8) is 0 Å². The van der Waals surface area contributed by atoms with Crippen LogP contribution in [-0.2, 0) is 0 Å². The highest BCUT2D eigenvalue weighted by molar-refractivity contribution is 7.11. The summed E-state index contributed by atoms with van der Waals surface area (Å²) < 4.78 is 5.31. The van der Waals surface area contributed by atoms with E-state index in [-0.39, 0.29) is 0 Å². The largest absolute Gasteiger partial charge is 0.484 e. The Morgan fingerprint density at radius 1 is 1.07 bits per heavy atom. The maximum absolute atomic E-state index is 5.31. The fraction of sp³-hybridized carbons (Fsp3) is 0.231. The van der Waals surface area contributed by atoms with Crippen LogP contribution in [0.2, 0.25) is 0 Å². The average Bonchev–Trinajstić information content (AvgIpc) is 2.74. The molecule has 2 aliphatic rings. The maximum atomic E-state index is 5.31. The summed E-state index contributed by atoms with van der Waals surface area (Å²) >= 11 is 1.64. The molecule has 1 nitrogen and oxygen atoms in total. The topological polar surface area (TPSA) is 9.23 Å². The van der Waals surface area contributed by atoms with Crippen LogP contribution in [-0.4, -0.2) is 6.61 Å². The van der Waals surface area contributed by atoms with Crippen molar-refractivity contribution >= 4 is 11.3 Å². The molecule has 0 aromatic carbocycles. The first kappa shape index (κ1) is 10.2. The molecule has 0 aliphatic heterocycles. The molecule has 0 fully saturated rings. The van der Waals surface area contributed by atoms with E-state index in [1.54, 1.807) is 11.3 Å². The molecule has 2 heteroatoms. The Bertz CT molecular complexity index is 368. The molecule has 15 heavy (non-hydrogen) atoms. The predicted octanol–water partition coefficient (Wildman–Crippen LogP) is 4.20. The van der Waals surface area contributed by atoms with E-state index < -0.39 is 0 Å². The highest BCUT2D eigenvalue weighted by Gasteiger charge is 2.03. The van der Waals surface area contributed by atoms with Crippen molar-refractivity contribution in [1.29, 1.82) is 0 Å². The van der Waals surface area contributed by atoms with Crippen molar-refractivity contribution in [2.24, 2.45) is 0 Å². The van der Waals surface area contributed by atoms with Crippen LogP contribution >= 0.6 is 11.3 Å². The van der Waals surface area contributed by atoms with E-state index in [4.69, 9.17) is 4.74 Å². The molecule has 0 radical (unpaired) electrons. The van der Waals surface area contributed by atoms with Crippen LogP contribution in [0.5, 0.6) is 5.06 Å². The van der Waals surface area contributed by atoms with Gasteiger partial charge in [0.05, 0.1) is 6.61 Å². The van der Waals surface area contributed by atoms with Gasteiger partial charge in [-0.3, -0.25) is 0 Å². The zero-order valence-corrected chi connectivity index (χ0v) is 9.59. The second-order valence-electron chi connectivity index (χ2n) is 3.36. The fourth-order valence-corrected chi connectivity index (χ4v) is 1.81. The van der Waals surface area contributed by atoms with Gasteiger partial charge < -0.3 is 4.74 Å². The van der Waals surface area contributed by atoms with Gasteiger partial charge in [-0.25, -0.2) is 0 Å². The predicted molar refractivity (Wildman–Crippen MR) is 65.5 cm³/mol. The van der Waals surface area contributed by atoms with Gasteiger partial charge in [0.2, 0.25) is 0 Å². The molecule has 0 saturated carbocycles. The summed E-state index contributed by atoms with van der Waals surface area (Å²) in [7, 11) is 0. The SMILES string of the molecule is CCCOc1cccs1.c1cc2ccc1-2. The minimum Gasteiger partial charge on any atom is -0.484 e. The molecular formula is C13H14OS.